The molecule has 96 valence electrons. The number of hydrogen-bond donors (Lipinski definition) is 2. The zero-order valence-electron chi connectivity index (χ0n) is 10.1. The second-order valence-electron chi connectivity index (χ2n) is 4.41. The number of carbonyl (C=O) groups is 2. The SMILES string of the molecule is Cc1ccc(C[C@H]2SC[C@@H](C(=O)O)NC2=O)cc1. The molecule has 0 radical (unpaired) electrons. The van der Waals surface area contributed by atoms with Crippen LogP contribution in [0.25, 0.3) is 0 Å². The lowest BCUT2D eigenvalue weighted by Crippen LogP contribution is -2.51. The van der Waals surface area contributed by atoms with Gasteiger partial charge in [-0.2, -0.15) is 0 Å². The molecule has 18 heavy (non-hydrogen) atoms. The highest BCUT2D eigenvalue weighted by molar-refractivity contribution is 8.00. The van der Waals surface area contributed by atoms with Gasteiger partial charge in [-0.3, -0.25) is 4.79 Å². The van der Waals surface area contributed by atoms with Crippen molar-refractivity contribution < 1.29 is 14.7 Å². The Bertz CT molecular complexity index is 458. The minimum Gasteiger partial charge on any atom is -0.480 e. The van der Waals surface area contributed by atoms with E-state index in [1.165, 1.54) is 17.3 Å². The Labute approximate surface area is 110 Å². The Morgan fingerprint density at radius 2 is 2.11 bits per heavy atom. The molecular formula is C13H15NO3S. The van der Waals surface area contributed by atoms with Gasteiger partial charge in [-0.25, -0.2) is 4.79 Å². The quantitative estimate of drug-likeness (QED) is 0.862. The van der Waals surface area contributed by atoms with Crippen LogP contribution in [0.5, 0.6) is 0 Å². The van der Waals surface area contributed by atoms with E-state index in [0.29, 0.717) is 12.2 Å². The summed E-state index contributed by atoms with van der Waals surface area (Å²) in [6, 6.07) is 7.29. The van der Waals surface area contributed by atoms with Crippen LogP contribution in [0.4, 0.5) is 0 Å². The Hall–Kier alpha value is -1.49. The number of hydrogen-bond acceptors (Lipinski definition) is 3. The van der Waals surface area contributed by atoms with Crippen LogP contribution in [-0.4, -0.2) is 34.0 Å². The van der Waals surface area contributed by atoms with Gasteiger partial charge in [0.25, 0.3) is 0 Å². The fourth-order valence-corrected chi connectivity index (χ4v) is 3.00. The predicted molar refractivity (Wildman–Crippen MR) is 70.7 cm³/mol. The Kier molecular flexibility index (Phi) is 3.91. The van der Waals surface area contributed by atoms with Gasteiger partial charge in [0.2, 0.25) is 5.91 Å². The fourth-order valence-electron chi connectivity index (χ4n) is 1.82. The molecule has 1 heterocycles. The third-order valence-corrected chi connectivity index (χ3v) is 4.22. The summed E-state index contributed by atoms with van der Waals surface area (Å²) in [7, 11) is 0. The molecule has 1 aromatic carbocycles. The maximum absolute atomic E-state index is 11.8. The van der Waals surface area contributed by atoms with Crippen molar-refractivity contribution in [2.24, 2.45) is 0 Å². The van der Waals surface area contributed by atoms with E-state index in [-0.39, 0.29) is 11.2 Å². The maximum atomic E-state index is 11.8. The summed E-state index contributed by atoms with van der Waals surface area (Å²) in [5.41, 5.74) is 2.28. The van der Waals surface area contributed by atoms with Crippen molar-refractivity contribution in [3.05, 3.63) is 35.4 Å². The standard InChI is InChI=1S/C13H15NO3S/c1-8-2-4-9(5-3-8)6-11-12(15)14-10(7-18-11)13(16)17/h2-5,10-11H,6-7H2,1H3,(H,14,15)(H,16,17)/t10-,11+/m0/s1. The molecule has 0 aromatic heterocycles. The van der Waals surface area contributed by atoms with E-state index in [1.807, 2.05) is 31.2 Å². The van der Waals surface area contributed by atoms with Crippen molar-refractivity contribution in [1.82, 2.24) is 5.32 Å². The lowest BCUT2D eigenvalue weighted by atomic mass is 10.1. The van der Waals surface area contributed by atoms with Crippen molar-refractivity contribution in [3.8, 4) is 0 Å². The molecule has 1 aromatic rings. The summed E-state index contributed by atoms with van der Waals surface area (Å²) in [5.74, 6) is -0.721. The largest absolute Gasteiger partial charge is 0.480 e. The van der Waals surface area contributed by atoms with Crippen LogP contribution in [0.15, 0.2) is 24.3 Å². The van der Waals surface area contributed by atoms with Crippen LogP contribution in [0.2, 0.25) is 0 Å². The monoisotopic (exact) mass is 265 g/mol. The van der Waals surface area contributed by atoms with Gasteiger partial charge in [-0.1, -0.05) is 29.8 Å². The first kappa shape index (κ1) is 13.0. The van der Waals surface area contributed by atoms with Crippen LogP contribution in [0.1, 0.15) is 11.1 Å². The summed E-state index contributed by atoms with van der Waals surface area (Å²) in [6.07, 6.45) is 0.642. The molecule has 2 rings (SSSR count). The number of nitrogens with one attached hydrogen (secondary N) is 1. The number of carbonyl (C=O) groups excluding carboxylic acids is 1. The first-order valence-corrected chi connectivity index (χ1v) is 6.81. The number of carboxylic acid groups (broad SMARTS) is 1. The fraction of sp³-hybridized carbons (Fsp3) is 0.385. The van der Waals surface area contributed by atoms with E-state index in [2.05, 4.69) is 5.32 Å². The van der Waals surface area contributed by atoms with E-state index in [0.717, 1.165) is 5.56 Å². The van der Waals surface area contributed by atoms with E-state index >= 15 is 0 Å². The molecule has 0 bridgehead atoms. The summed E-state index contributed by atoms with van der Waals surface area (Å²) in [6.45, 7) is 2.02. The molecular weight excluding hydrogens is 250 g/mol. The molecule has 1 aliphatic heterocycles. The number of aliphatic carboxylic acids is 1. The molecule has 0 aliphatic carbocycles. The van der Waals surface area contributed by atoms with Gasteiger partial charge < -0.3 is 10.4 Å². The van der Waals surface area contributed by atoms with Crippen LogP contribution in [0.3, 0.4) is 0 Å². The second-order valence-corrected chi connectivity index (χ2v) is 5.65. The Balaban J connectivity index is 1.97. The molecule has 1 fully saturated rings. The van der Waals surface area contributed by atoms with Crippen molar-refractivity contribution in [2.45, 2.75) is 24.6 Å². The Morgan fingerprint density at radius 1 is 1.44 bits per heavy atom. The molecule has 1 aliphatic rings. The number of thioether (sulfide) groups is 1. The van der Waals surface area contributed by atoms with Crippen molar-refractivity contribution in [2.75, 3.05) is 5.75 Å². The van der Waals surface area contributed by atoms with Crippen LogP contribution in [-0.2, 0) is 16.0 Å². The molecule has 0 spiro atoms. The number of rotatable bonds is 3. The van der Waals surface area contributed by atoms with E-state index in [9.17, 15) is 9.59 Å². The number of aryl methyl sites for hydroxylation is 1. The second kappa shape index (κ2) is 5.44. The van der Waals surface area contributed by atoms with E-state index in [4.69, 9.17) is 5.11 Å². The molecule has 4 nitrogen and oxygen atoms in total. The van der Waals surface area contributed by atoms with Gasteiger partial charge >= 0.3 is 5.97 Å². The Morgan fingerprint density at radius 3 is 2.67 bits per heavy atom. The summed E-state index contributed by atoms with van der Waals surface area (Å²) < 4.78 is 0. The highest BCUT2D eigenvalue weighted by Gasteiger charge is 2.31. The van der Waals surface area contributed by atoms with Gasteiger partial charge in [0.15, 0.2) is 0 Å². The zero-order chi connectivity index (χ0) is 13.1. The van der Waals surface area contributed by atoms with Crippen molar-refractivity contribution in [1.29, 1.82) is 0 Å². The number of benzene rings is 1. The van der Waals surface area contributed by atoms with Gasteiger partial charge in [0.1, 0.15) is 6.04 Å². The predicted octanol–water partition coefficient (Wildman–Crippen LogP) is 1.22. The van der Waals surface area contributed by atoms with Crippen molar-refractivity contribution in [3.63, 3.8) is 0 Å². The smallest absolute Gasteiger partial charge is 0.327 e. The van der Waals surface area contributed by atoms with Gasteiger partial charge in [0, 0.05) is 5.75 Å². The molecule has 1 saturated heterocycles. The lowest BCUT2D eigenvalue weighted by molar-refractivity contribution is -0.141. The highest BCUT2D eigenvalue weighted by atomic mass is 32.2. The first-order valence-electron chi connectivity index (χ1n) is 5.76. The lowest BCUT2D eigenvalue weighted by Gasteiger charge is -2.26. The molecule has 0 unspecified atom stereocenters. The molecule has 2 N–H and O–H groups in total. The third kappa shape index (κ3) is 3.04. The van der Waals surface area contributed by atoms with E-state index in [1.54, 1.807) is 0 Å². The summed E-state index contributed by atoms with van der Waals surface area (Å²) >= 11 is 1.41. The molecule has 0 saturated carbocycles. The van der Waals surface area contributed by atoms with Crippen LogP contribution >= 0.6 is 11.8 Å². The van der Waals surface area contributed by atoms with Crippen LogP contribution < -0.4 is 5.32 Å². The zero-order valence-corrected chi connectivity index (χ0v) is 10.9. The average molecular weight is 265 g/mol. The molecule has 1 amide bonds. The van der Waals surface area contributed by atoms with Crippen LogP contribution in [0, 0.1) is 6.92 Å². The summed E-state index contributed by atoms with van der Waals surface area (Å²) in [4.78, 5) is 22.6. The molecule has 2 atom stereocenters. The normalized spacial score (nSPS) is 23.5. The average Bonchev–Trinajstić information content (AvgIpc) is 2.34. The number of amides is 1. The highest BCUT2D eigenvalue weighted by Crippen LogP contribution is 2.22. The van der Waals surface area contributed by atoms with Crippen molar-refractivity contribution >= 4 is 23.6 Å². The third-order valence-electron chi connectivity index (χ3n) is 2.91. The minimum absolute atomic E-state index is 0.181. The summed E-state index contributed by atoms with van der Waals surface area (Å²) in [5, 5.41) is 11.2. The topological polar surface area (TPSA) is 66.4 Å². The van der Waals surface area contributed by atoms with Gasteiger partial charge in [0.05, 0.1) is 5.25 Å². The molecule has 5 heteroatoms. The maximum Gasteiger partial charge on any atom is 0.327 e. The number of carboxylic acids is 1. The minimum atomic E-state index is -0.968. The van der Waals surface area contributed by atoms with Gasteiger partial charge in [-0.05, 0) is 18.9 Å². The first-order chi connectivity index (χ1) is 8.56. The van der Waals surface area contributed by atoms with E-state index < -0.39 is 12.0 Å². The van der Waals surface area contributed by atoms with Gasteiger partial charge in [-0.15, -0.1) is 11.8 Å².